The van der Waals surface area contributed by atoms with Crippen LogP contribution in [0.3, 0.4) is 0 Å². The Balaban J connectivity index is 1.70. The summed E-state index contributed by atoms with van der Waals surface area (Å²) in [6.45, 7) is 2.15. The number of aliphatic hydroxyl groups is 1. The van der Waals surface area contributed by atoms with Crippen molar-refractivity contribution in [3.8, 4) is 0 Å². The zero-order valence-electron chi connectivity index (χ0n) is 11.3. The van der Waals surface area contributed by atoms with E-state index in [-0.39, 0.29) is 6.10 Å². The fourth-order valence-electron chi connectivity index (χ4n) is 2.84. The number of benzene rings is 2. The molecule has 0 spiro atoms. The van der Waals surface area contributed by atoms with Crippen LogP contribution in [0.5, 0.6) is 0 Å². The van der Waals surface area contributed by atoms with E-state index in [4.69, 9.17) is 0 Å². The van der Waals surface area contributed by atoms with Gasteiger partial charge in [-0.25, -0.2) is 0 Å². The molecule has 1 nitrogen and oxygen atoms in total. The van der Waals surface area contributed by atoms with Gasteiger partial charge in [-0.3, -0.25) is 0 Å². The Morgan fingerprint density at radius 3 is 2.37 bits per heavy atom. The molecule has 98 valence electrons. The van der Waals surface area contributed by atoms with Crippen LogP contribution in [-0.4, -0.2) is 5.11 Å². The van der Waals surface area contributed by atoms with Gasteiger partial charge in [0.25, 0.3) is 0 Å². The summed E-state index contributed by atoms with van der Waals surface area (Å²) in [6.07, 6.45) is 1.82. The summed E-state index contributed by atoms with van der Waals surface area (Å²) < 4.78 is 0. The van der Waals surface area contributed by atoms with Gasteiger partial charge in [0.15, 0.2) is 0 Å². The van der Waals surface area contributed by atoms with Gasteiger partial charge in [-0.15, -0.1) is 0 Å². The van der Waals surface area contributed by atoms with Crippen molar-refractivity contribution in [1.82, 2.24) is 0 Å². The summed E-state index contributed by atoms with van der Waals surface area (Å²) in [5, 5.41) is 10.5. The van der Waals surface area contributed by atoms with E-state index in [1.54, 1.807) is 0 Å². The van der Waals surface area contributed by atoms with Gasteiger partial charge in [0.2, 0.25) is 0 Å². The van der Waals surface area contributed by atoms with E-state index in [1.165, 1.54) is 11.1 Å². The molecule has 1 fully saturated rings. The standard InChI is InChI=1S/C18H20O/c1-2-13-8-10-15(11-9-13)18(19)17-12-16(17)14-6-4-3-5-7-14/h3-11,16-19H,2,12H2,1H3. The second-order valence-corrected chi connectivity index (χ2v) is 5.46. The molecular formula is C18H20O. The van der Waals surface area contributed by atoms with Crippen molar-refractivity contribution >= 4 is 0 Å². The van der Waals surface area contributed by atoms with Crippen LogP contribution in [0.2, 0.25) is 0 Å². The molecule has 3 rings (SSSR count). The normalized spacial score (nSPS) is 23.1. The largest absolute Gasteiger partial charge is 0.388 e. The molecule has 0 radical (unpaired) electrons. The maximum Gasteiger partial charge on any atom is 0.0824 e. The molecular weight excluding hydrogens is 232 g/mol. The summed E-state index contributed by atoms with van der Waals surface area (Å²) in [6, 6.07) is 18.9. The van der Waals surface area contributed by atoms with E-state index in [1.807, 2.05) is 6.07 Å². The average molecular weight is 252 g/mol. The minimum Gasteiger partial charge on any atom is -0.388 e. The fourth-order valence-corrected chi connectivity index (χ4v) is 2.84. The quantitative estimate of drug-likeness (QED) is 0.869. The summed E-state index contributed by atoms with van der Waals surface area (Å²) >= 11 is 0. The van der Waals surface area contributed by atoms with Gasteiger partial charge < -0.3 is 5.11 Å². The number of aryl methyl sites for hydroxylation is 1. The van der Waals surface area contributed by atoms with Crippen LogP contribution in [0.15, 0.2) is 54.6 Å². The number of hydrogen-bond acceptors (Lipinski definition) is 1. The molecule has 0 aromatic heterocycles. The van der Waals surface area contributed by atoms with Crippen LogP contribution in [0.4, 0.5) is 0 Å². The van der Waals surface area contributed by atoms with Crippen LogP contribution in [0, 0.1) is 5.92 Å². The van der Waals surface area contributed by atoms with Gasteiger partial charge in [-0.1, -0.05) is 61.5 Å². The van der Waals surface area contributed by atoms with E-state index < -0.39 is 0 Å². The molecule has 1 aliphatic carbocycles. The van der Waals surface area contributed by atoms with Crippen LogP contribution in [-0.2, 0) is 6.42 Å². The Morgan fingerprint density at radius 1 is 1.05 bits per heavy atom. The van der Waals surface area contributed by atoms with Crippen LogP contribution in [0.25, 0.3) is 0 Å². The maximum absolute atomic E-state index is 10.5. The first-order valence-electron chi connectivity index (χ1n) is 7.11. The average Bonchev–Trinajstić information content (AvgIpc) is 3.28. The molecule has 1 saturated carbocycles. The third kappa shape index (κ3) is 2.57. The van der Waals surface area contributed by atoms with Crippen LogP contribution in [0.1, 0.15) is 42.1 Å². The Hall–Kier alpha value is -1.60. The second-order valence-electron chi connectivity index (χ2n) is 5.46. The maximum atomic E-state index is 10.5. The Bertz CT molecular complexity index is 529. The third-order valence-corrected chi connectivity index (χ3v) is 4.20. The smallest absolute Gasteiger partial charge is 0.0824 e. The van der Waals surface area contributed by atoms with Crippen molar-refractivity contribution in [3.63, 3.8) is 0 Å². The first-order chi connectivity index (χ1) is 9.29. The van der Waals surface area contributed by atoms with Crippen LogP contribution >= 0.6 is 0 Å². The van der Waals surface area contributed by atoms with Gasteiger partial charge >= 0.3 is 0 Å². The van der Waals surface area contributed by atoms with Gasteiger partial charge in [-0.2, -0.15) is 0 Å². The lowest BCUT2D eigenvalue weighted by molar-refractivity contribution is 0.151. The lowest BCUT2D eigenvalue weighted by Gasteiger charge is -2.11. The SMILES string of the molecule is CCc1ccc(C(O)C2CC2c2ccccc2)cc1. The first kappa shape index (κ1) is 12.4. The first-order valence-corrected chi connectivity index (χ1v) is 7.11. The van der Waals surface area contributed by atoms with Crippen molar-refractivity contribution in [2.45, 2.75) is 31.8 Å². The minimum atomic E-state index is -0.323. The lowest BCUT2D eigenvalue weighted by Crippen LogP contribution is -2.01. The summed E-state index contributed by atoms with van der Waals surface area (Å²) in [7, 11) is 0. The van der Waals surface area contributed by atoms with Crippen molar-refractivity contribution < 1.29 is 5.11 Å². The molecule has 2 aromatic carbocycles. The van der Waals surface area contributed by atoms with Crippen LogP contribution < -0.4 is 0 Å². The molecule has 0 heterocycles. The van der Waals surface area contributed by atoms with E-state index in [0.29, 0.717) is 11.8 Å². The molecule has 0 bridgehead atoms. The van der Waals surface area contributed by atoms with Crippen molar-refractivity contribution in [1.29, 1.82) is 0 Å². The highest BCUT2D eigenvalue weighted by Gasteiger charge is 2.43. The molecule has 1 heteroatoms. The number of aliphatic hydroxyl groups excluding tert-OH is 1. The molecule has 1 N–H and O–H groups in total. The van der Waals surface area contributed by atoms with Gasteiger partial charge in [0, 0.05) is 0 Å². The van der Waals surface area contributed by atoms with Gasteiger partial charge in [-0.05, 0) is 41.4 Å². The second kappa shape index (κ2) is 5.18. The Kier molecular flexibility index (Phi) is 3.39. The van der Waals surface area contributed by atoms with E-state index in [2.05, 4.69) is 55.5 Å². The molecule has 0 amide bonds. The zero-order chi connectivity index (χ0) is 13.2. The Morgan fingerprint density at radius 2 is 1.74 bits per heavy atom. The van der Waals surface area contributed by atoms with E-state index >= 15 is 0 Å². The highest BCUT2D eigenvalue weighted by Crippen LogP contribution is 2.53. The van der Waals surface area contributed by atoms with Crippen molar-refractivity contribution in [2.24, 2.45) is 5.92 Å². The number of rotatable bonds is 4. The molecule has 3 atom stereocenters. The van der Waals surface area contributed by atoms with E-state index in [0.717, 1.165) is 18.4 Å². The summed E-state index contributed by atoms with van der Waals surface area (Å²) in [4.78, 5) is 0. The molecule has 19 heavy (non-hydrogen) atoms. The fraction of sp³-hybridized carbons (Fsp3) is 0.333. The third-order valence-electron chi connectivity index (χ3n) is 4.20. The molecule has 0 saturated heterocycles. The Labute approximate surface area is 114 Å². The lowest BCUT2D eigenvalue weighted by atomic mass is 10.00. The zero-order valence-corrected chi connectivity index (χ0v) is 11.3. The monoisotopic (exact) mass is 252 g/mol. The molecule has 3 unspecified atom stereocenters. The minimum absolute atomic E-state index is 0.323. The topological polar surface area (TPSA) is 20.2 Å². The van der Waals surface area contributed by atoms with E-state index in [9.17, 15) is 5.11 Å². The molecule has 2 aromatic rings. The molecule has 0 aliphatic heterocycles. The van der Waals surface area contributed by atoms with Gasteiger partial charge in [0.05, 0.1) is 6.10 Å². The summed E-state index contributed by atoms with van der Waals surface area (Å²) in [5.41, 5.74) is 3.74. The van der Waals surface area contributed by atoms with Crippen molar-refractivity contribution in [3.05, 3.63) is 71.3 Å². The highest BCUT2D eigenvalue weighted by atomic mass is 16.3. The van der Waals surface area contributed by atoms with Crippen molar-refractivity contribution in [2.75, 3.05) is 0 Å². The van der Waals surface area contributed by atoms with Gasteiger partial charge in [0.1, 0.15) is 0 Å². The predicted octanol–water partition coefficient (Wildman–Crippen LogP) is 4.09. The molecule has 1 aliphatic rings. The number of hydrogen-bond donors (Lipinski definition) is 1. The predicted molar refractivity (Wildman–Crippen MR) is 78.1 cm³/mol. The highest BCUT2D eigenvalue weighted by molar-refractivity contribution is 5.30. The summed E-state index contributed by atoms with van der Waals surface area (Å²) in [5.74, 6) is 0.914.